The highest BCUT2D eigenvalue weighted by Gasteiger charge is 2.01. The maximum Gasteiger partial charge on any atom is 0.0582 e. The fraction of sp³-hybridized carbons (Fsp3) is 0.600. The van der Waals surface area contributed by atoms with Crippen LogP contribution in [0.5, 0.6) is 0 Å². The van der Waals surface area contributed by atoms with Crippen molar-refractivity contribution in [1.82, 2.24) is 5.32 Å². The Labute approximate surface area is 83.6 Å². The second-order valence-corrected chi connectivity index (χ2v) is 4.44. The van der Waals surface area contributed by atoms with E-state index in [1.54, 1.807) is 0 Å². The molecule has 0 radical (unpaired) electrons. The van der Waals surface area contributed by atoms with Crippen molar-refractivity contribution in [3.8, 4) is 0 Å². The monoisotopic (exact) mass is 199 g/mol. The summed E-state index contributed by atoms with van der Waals surface area (Å²) in [5.74, 6) is 0. The molecule has 0 saturated heterocycles. The number of aliphatic hydroxyl groups is 1. The third-order valence-corrected chi connectivity index (χ3v) is 3.19. The van der Waals surface area contributed by atoms with Crippen molar-refractivity contribution in [2.24, 2.45) is 0 Å². The molecule has 1 heterocycles. The number of hydrogen-bond donors (Lipinski definition) is 2. The van der Waals surface area contributed by atoms with Gasteiger partial charge in [-0.25, -0.2) is 0 Å². The largest absolute Gasteiger partial charge is 0.395 e. The zero-order valence-electron chi connectivity index (χ0n) is 8.21. The van der Waals surface area contributed by atoms with Crippen LogP contribution in [0.3, 0.4) is 0 Å². The van der Waals surface area contributed by atoms with Crippen molar-refractivity contribution in [3.63, 3.8) is 0 Å². The van der Waals surface area contributed by atoms with Crippen molar-refractivity contribution in [1.29, 1.82) is 0 Å². The van der Waals surface area contributed by atoms with Crippen molar-refractivity contribution in [2.75, 3.05) is 6.61 Å². The summed E-state index contributed by atoms with van der Waals surface area (Å²) in [6.07, 6.45) is 1.11. The van der Waals surface area contributed by atoms with Crippen LogP contribution < -0.4 is 5.32 Å². The van der Waals surface area contributed by atoms with Crippen LogP contribution >= 0.6 is 11.3 Å². The van der Waals surface area contributed by atoms with Crippen LogP contribution in [0.2, 0.25) is 0 Å². The van der Waals surface area contributed by atoms with Gasteiger partial charge in [-0.3, -0.25) is 0 Å². The number of aliphatic hydroxyl groups excluding tert-OH is 1. The normalized spacial score (nSPS) is 13.2. The molecule has 13 heavy (non-hydrogen) atoms. The Morgan fingerprint density at radius 2 is 2.15 bits per heavy atom. The molecule has 1 aromatic heterocycles. The lowest BCUT2D eigenvalue weighted by Gasteiger charge is -2.08. The Balaban J connectivity index is 2.36. The van der Waals surface area contributed by atoms with Crippen LogP contribution in [0.25, 0.3) is 0 Å². The number of hydrogen-bond acceptors (Lipinski definition) is 3. The highest BCUT2D eigenvalue weighted by atomic mass is 32.1. The lowest BCUT2D eigenvalue weighted by Crippen LogP contribution is -2.28. The van der Waals surface area contributed by atoms with Crippen LogP contribution in [-0.2, 0) is 13.0 Å². The van der Waals surface area contributed by atoms with E-state index in [0.717, 1.165) is 13.0 Å². The van der Waals surface area contributed by atoms with Gasteiger partial charge in [-0.15, -0.1) is 11.3 Å². The molecular weight excluding hydrogens is 182 g/mol. The van der Waals surface area contributed by atoms with E-state index in [1.807, 2.05) is 18.3 Å². The predicted molar refractivity (Wildman–Crippen MR) is 57.1 cm³/mol. The van der Waals surface area contributed by atoms with Crippen molar-refractivity contribution in [3.05, 3.63) is 21.9 Å². The van der Waals surface area contributed by atoms with Gasteiger partial charge in [-0.05, 0) is 25.5 Å². The van der Waals surface area contributed by atoms with Gasteiger partial charge in [0.25, 0.3) is 0 Å². The summed E-state index contributed by atoms with van der Waals surface area (Å²) >= 11 is 1.84. The maximum atomic E-state index is 8.81. The molecule has 0 bridgehead atoms. The molecule has 0 aliphatic heterocycles. The van der Waals surface area contributed by atoms with E-state index in [-0.39, 0.29) is 12.6 Å². The van der Waals surface area contributed by atoms with E-state index >= 15 is 0 Å². The molecule has 2 nitrogen and oxygen atoms in total. The first-order valence-electron chi connectivity index (χ1n) is 4.68. The fourth-order valence-corrected chi connectivity index (χ4v) is 1.96. The van der Waals surface area contributed by atoms with E-state index in [0.29, 0.717) is 0 Å². The van der Waals surface area contributed by atoms with Gasteiger partial charge in [0.1, 0.15) is 0 Å². The smallest absolute Gasteiger partial charge is 0.0582 e. The zero-order chi connectivity index (χ0) is 9.68. The third kappa shape index (κ3) is 3.46. The Morgan fingerprint density at radius 1 is 1.46 bits per heavy atom. The Bertz CT molecular complexity index is 247. The Hall–Kier alpha value is -0.380. The molecule has 0 amide bonds. The van der Waals surface area contributed by atoms with E-state index in [4.69, 9.17) is 5.11 Å². The summed E-state index contributed by atoms with van der Waals surface area (Å²) in [7, 11) is 0. The molecule has 0 spiro atoms. The van der Waals surface area contributed by atoms with Gasteiger partial charge in [-0.1, -0.05) is 6.92 Å². The minimum absolute atomic E-state index is 0.187. The second kappa shape index (κ2) is 5.37. The van der Waals surface area contributed by atoms with E-state index in [1.165, 1.54) is 9.75 Å². The topological polar surface area (TPSA) is 32.3 Å². The minimum Gasteiger partial charge on any atom is -0.395 e. The molecule has 1 rings (SSSR count). The summed E-state index contributed by atoms with van der Waals surface area (Å²) in [5, 5.41) is 12.1. The summed E-state index contributed by atoms with van der Waals surface area (Å²) < 4.78 is 0. The lowest BCUT2D eigenvalue weighted by atomic mass is 10.3. The number of rotatable bonds is 5. The molecule has 0 saturated carbocycles. The van der Waals surface area contributed by atoms with Gasteiger partial charge in [0.2, 0.25) is 0 Å². The second-order valence-electron chi connectivity index (χ2n) is 3.19. The average Bonchev–Trinajstić information content (AvgIpc) is 2.61. The molecular formula is C10H17NOS. The quantitative estimate of drug-likeness (QED) is 0.757. The van der Waals surface area contributed by atoms with Gasteiger partial charge in [0.05, 0.1) is 6.61 Å². The van der Waals surface area contributed by atoms with E-state index in [2.05, 4.69) is 24.4 Å². The number of nitrogens with one attached hydrogen (secondary N) is 1. The summed E-state index contributed by atoms with van der Waals surface area (Å²) in [6.45, 7) is 5.21. The molecule has 1 atom stereocenters. The van der Waals surface area contributed by atoms with Crippen molar-refractivity contribution >= 4 is 11.3 Å². The van der Waals surface area contributed by atoms with Crippen LogP contribution in [0.1, 0.15) is 23.6 Å². The Kier molecular flexibility index (Phi) is 4.42. The molecule has 1 unspecified atom stereocenters. The van der Waals surface area contributed by atoms with Gasteiger partial charge >= 0.3 is 0 Å². The number of aryl methyl sites for hydroxylation is 1. The third-order valence-electron chi connectivity index (χ3n) is 1.96. The molecule has 0 aromatic carbocycles. The summed E-state index contributed by atoms with van der Waals surface area (Å²) in [4.78, 5) is 2.77. The molecule has 2 N–H and O–H groups in total. The summed E-state index contributed by atoms with van der Waals surface area (Å²) in [5.41, 5.74) is 0. The van der Waals surface area contributed by atoms with Crippen LogP contribution in [0.15, 0.2) is 12.1 Å². The predicted octanol–water partition coefficient (Wildman–Crippen LogP) is 1.78. The highest BCUT2D eigenvalue weighted by Crippen LogP contribution is 2.16. The van der Waals surface area contributed by atoms with Gasteiger partial charge in [0, 0.05) is 22.3 Å². The average molecular weight is 199 g/mol. The van der Waals surface area contributed by atoms with Crippen molar-refractivity contribution < 1.29 is 5.11 Å². The molecule has 0 aliphatic rings. The first-order valence-corrected chi connectivity index (χ1v) is 5.49. The molecule has 0 aliphatic carbocycles. The molecule has 74 valence electrons. The molecule has 0 fully saturated rings. The first-order chi connectivity index (χ1) is 6.26. The summed E-state index contributed by atoms with van der Waals surface area (Å²) in [6, 6.07) is 4.51. The minimum atomic E-state index is 0.187. The maximum absolute atomic E-state index is 8.81. The lowest BCUT2D eigenvalue weighted by molar-refractivity contribution is 0.251. The van der Waals surface area contributed by atoms with Crippen LogP contribution in [0.4, 0.5) is 0 Å². The molecule has 1 aromatic rings. The SMILES string of the molecule is CCc1ccc(CNC(C)CO)s1. The fourth-order valence-electron chi connectivity index (χ4n) is 1.05. The van der Waals surface area contributed by atoms with Gasteiger partial charge < -0.3 is 10.4 Å². The van der Waals surface area contributed by atoms with Crippen LogP contribution in [0, 0.1) is 0 Å². The highest BCUT2D eigenvalue weighted by molar-refractivity contribution is 7.11. The van der Waals surface area contributed by atoms with Crippen LogP contribution in [-0.4, -0.2) is 17.8 Å². The number of thiophene rings is 1. The van der Waals surface area contributed by atoms with E-state index < -0.39 is 0 Å². The van der Waals surface area contributed by atoms with Gasteiger partial charge in [-0.2, -0.15) is 0 Å². The molecule has 3 heteroatoms. The zero-order valence-corrected chi connectivity index (χ0v) is 9.03. The Morgan fingerprint density at radius 3 is 2.69 bits per heavy atom. The van der Waals surface area contributed by atoms with E-state index in [9.17, 15) is 0 Å². The standard InChI is InChI=1S/C10H17NOS/c1-3-9-4-5-10(13-9)6-11-8(2)7-12/h4-5,8,11-12H,3,6-7H2,1-2H3. The first kappa shape index (κ1) is 10.7. The van der Waals surface area contributed by atoms with Crippen molar-refractivity contribution in [2.45, 2.75) is 32.9 Å². The van der Waals surface area contributed by atoms with Gasteiger partial charge in [0.15, 0.2) is 0 Å².